The molecule has 0 aliphatic rings. The van der Waals surface area contributed by atoms with E-state index in [-0.39, 0.29) is 17.1 Å². The van der Waals surface area contributed by atoms with Crippen LogP contribution in [-0.2, 0) is 4.79 Å². The van der Waals surface area contributed by atoms with Crippen LogP contribution in [0, 0.1) is 13.8 Å². The maximum atomic E-state index is 12.7. The second-order valence-electron chi connectivity index (χ2n) is 6.69. The van der Waals surface area contributed by atoms with Crippen molar-refractivity contribution in [2.75, 3.05) is 11.9 Å². The number of rotatable bonds is 7. The quantitative estimate of drug-likeness (QED) is 0.448. The summed E-state index contributed by atoms with van der Waals surface area (Å²) in [5, 5.41) is 6.39. The Kier molecular flexibility index (Phi) is 6.53. The lowest BCUT2D eigenvalue weighted by atomic mass is 10.2. The topological polar surface area (TPSA) is 97.1 Å². The zero-order valence-corrected chi connectivity index (χ0v) is 17.7. The second kappa shape index (κ2) is 9.09. The lowest BCUT2D eigenvalue weighted by molar-refractivity contribution is -0.120. The number of hydrogen-bond donors (Lipinski definition) is 2. The molecule has 29 heavy (non-hydrogen) atoms. The fourth-order valence-corrected chi connectivity index (χ4v) is 3.53. The van der Waals surface area contributed by atoms with Crippen LogP contribution >= 0.6 is 11.8 Å². The van der Waals surface area contributed by atoms with Gasteiger partial charge in [0.2, 0.25) is 11.6 Å². The second-order valence-corrected chi connectivity index (χ2v) is 8.00. The van der Waals surface area contributed by atoms with Crippen molar-refractivity contribution in [3.63, 3.8) is 0 Å². The van der Waals surface area contributed by atoms with E-state index in [1.165, 1.54) is 11.8 Å². The number of aryl methyl sites for hydroxylation is 2. The van der Waals surface area contributed by atoms with Crippen LogP contribution in [0.25, 0.3) is 11.1 Å². The summed E-state index contributed by atoms with van der Waals surface area (Å²) in [6.45, 7) is 8.16. The Morgan fingerprint density at radius 2 is 1.90 bits per heavy atom. The highest BCUT2D eigenvalue weighted by Crippen LogP contribution is 2.32. The highest BCUT2D eigenvalue weighted by molar-refractivity contribution is 8.00. The number of thioether (sulfide) groups is 1. The smallest absolute Gasteiger partial charge is 0.256 e. The van der Waals surface area contributed by atoms with Crippen molar-refractivity contribution in [3.05, 3.63) is 47.2 Å². The Morgan fingerprint density at radius 3 is 2.59 bits per heavy atom. The van der Waals surface area contributed by atoms with Crippen LogP contribution in [0.2, 0.25) is 0 Å². The van der Waals surface area contributed by atoms with Crippen LogP contribution in [0.4, 0.5) is 5.82 Å². The Balaban J connectivity index is 1.93. The molecule has 0 bridgehead atoms. The van der Waals surface area contributed by atoms with Crippen molar-refractivity contribution >= 4 is 40.5 Å². The van der Waals surface area contributed by atoms with E-state index in [2.05, 4.69) is 20.6 Å². The Bertz CT molecular complexity index is 1030. The van der Waals surface area contributed by atoms with E-state index in [9.17, 15) is 9.59 Å². The van der Waals surface area contributed by atoms with Crippen LogP contribution in [0.5, 0.6) is 0 Å². The van der Waals surface area contributed by atoms with Gasteiger partial charge in [-0.05, 0) is 39.3 Å². The van der Waals surface area contributed by atoms with Crippen LogP contribution in [0.3, 0.4) is 0 Å². The molecule has 0 aliphatic heterocycles. The first kappa shape index (κ1) is 20.9. The van der Waals surface area contributed by atoms with Crippen molar-refractivity contribution < 1.29 is 14.0 Å². The molecule has 2 N–H and O–H groups in total. The van der Waals surface area contributed by atoms with Crippen LogP contribution in [0.15, 0.2) is 39.9 Å². The number of benzene rings is 1. The summed E-state index contributed by atoms with van der Waals surface area (Å²) in [5.74, 6) is 0.734. The normalized spacial score (nSPS) is 12.0. The predicted molar refractivity (Wildman–Crippen MR) is 114 cm³/mol. The molecule has 2 heterocycles. The highest BCUT2D eigenvalue weighted by Gasteiger charge is 2.21. The van der Waals surface area contributed by atoms with E-state index in [0.717, 1.165) is 12.0 Å². The molecule has 1 aromatic carbocycles. The number of nitrogens with one attached hydrogen (secondary N) is 2. The molecule has 2 amide bonds. The zero-order chi connectivity index (χ0) is 21.0. The van der Waals surface area contributed by atoms with E-state index in [1.807, 2.05) is 26.8 Å². The molecule has 8 heteroatoms. The van der Waals surface area contributed by atoms with E-state index >= 15 is 0 Å². The first-order chi connectivity index (χ1) is 13.9. The third kappa shape index (κ3) is 4.76. The van der Waals surface area contributed by atoms with Gasteiger partial charge in [-0.2, -0.15) is 4.98 Å². The molecule has 3 rings (SSSR count). The summed E-state index contributed by atoms with van der Waals surface area (Å²) in [7, 11) is 0. The van der Waals surface area contributed by atoms with Gasteiger partial charge in [0.1, 0.15) is 11.6 Å². The maximum Gasteiger partial charge on any atom is 0.256 e. The molecule has 1 atom stereocenters. The van der Waals surface area contributed by atoms with Gasteiger partial charge in [-0.3, -0.25) is 9.59 Å². The molecule has 152 valence electrons. The summed E-state index contributed by atoms with van der Waals surface area (Å²) < 4.78 is 5.76. The minimum atomic E-state index is -0.381. The highest BCUT2D eigenvalue weighted by atomic mass is 32.2. The SMILES string of the molecule is CCCNC(=O)C(C)Sc1nc(NC(=O)c2ccccc2)c2c(C)c(C)oc2n1. The Hall–Kier alpha value is -2.87. The molecule has 7 nitrogen and oxygen atoms in total. The number of furan rings is 1. The van der Waals surface area contributed by atoms with Gasteiger partial charge in [0.15, 0.2) is 5.16 Å². The largest absolute Gasteiger partial charge is 0.443 e. The average Bonchev–Trinajstić information content (AvgIpc) is 3.00. The van der Waals surface area contributed by atoms with Crippen molar-refractivity contribution in [2.24, 2.45) is 0 Å². The number of amides is 2. The van der Waals surface area contributed by atoms with E-state index in [1.54, 1.807) is 31.2 Å². The van der Waals surface area contributed by atoms with Gasteiger partial charge in [0.25, 0.3) is 5.91 Å². The minimum Gasteiger partial charge on any atom is -0.443 e. The zero-order valence-electron chi connectivity index (χ0n) is 16.9. The lowest BCUT2D eigenvalue weighted by Crippen LogP contribution is -2.31. The monoisotopic (exact) mass is 412 g/mol. The predicted octanol–water partition coefficient (Wildman–Crippen LogP) is 4.10. The van der Waals surface area contributed by atoms with Gasteiger partial charge in [0, 0.05) is 17.7 Å². The fourth-order valence-electron chi connectivity index (χ4n) is 2.75. The summed E-state index contributed by atoms with van der Waals surface area (Å²) in [4.78, 5) is 33.8. The summed E-state index contributed by atoms with van der Waals surface area (Å²) in [6.07, 6.45) is 0.867. The molecule has 3 aromatic rings. The molecule has 0 radical (unpaired) electrons. The Morgan fingerprint density at radius 1 is 1.17 bits per heavy atom. The molecule has 0 saturated heterocycles. The molecule has 0 saturated carbocycles. The van der Waals surface area contributed by atoms with E-state index in [0.29, 0.717) is 39.9 Å². The molecule has 0 aliphatic carbocycles. The summed E-state index contributed by atoms with van der Waals surface area (Å²) in [5.41, 5.74) is 1.79. The van der Waals surface area contributed by atoms with Gasteiger partial charge < -0.3 is 15.1 Å². The van der Waals surface area contributed by atoms with E-state index < -0.39 is 0 Å². The average molecular weight is 413 g/mol. The first-order valence-corrected chi connectivity index (χ1v) is 10.4. The van der Waals surface area contributed by atoms with Crippen molar-refractivity contribution in [1.82, 2.24) is 15.3 Å². The first-order valence-electron chi connectivity index (χ1n) is 9.49. The number of carbonyl (C=O) groups excluding carboxylic acids is 2. The number of hydrogen-bond acceptors (Lipinski definition) is 6. The standard InChI is InChI=1S/C21H24N4O3S/c1-5-11-22-18(26)14(4)29-21-24-17(16-12(2)13(3)28-20(16)25-21)23-19(27)15-9-7-6-8-10-15/h6-10,14H,5,11H2,1-4H3,(H,22,26)(H,23,24,25,27). The third-order valence-corrected chi connectivity index (χ3v) is 5.44. The third-order valence-electron chi connectivity index (χ3n) is 4.48. The van der Waals surface area contributed by atoms with Crippen molar-refractivity contribution in [1.29, 1.82) is 0 Å². The lowest BCUT2D eigenvalue weighted by Gasteiger charge is -2.12. The van der Waals surface area contributed by atoms with Gasteiger partial charge >= 0.3 is 0 Å². The molecular formula is C21H24N4O3S. The van der Waals surface area contributed by atoms with Crippen LogP contribution in [-0.4, -0.2) is 33.6 Å². The van der Waals surface area contributed by atoms with Crippen molar-refractivity contribution in [2.45, 2.75) is 44.5 Å². The van der Waals surface area contributed by atoms with E-state index in [4.69, 9.17) is 4.42 Å². The number of fused-ring (bicyclic) bond motifs is 1. The molecule has 2 aromatic heterocycles. The molecule has 0 spiro atoms. The maximum absolute atomic E-state index is 12.7. The number of aromatic nitrogens is 2. The number of anilines is 1. The number of nitrogens with zero attached hydrogens (tertiary/aromatic N) is 2. The van der Waals surface area contributed by atoms with Gasteiger partial charge in [0.05, 0.1) is 10.6 Å². The summed E-state index contributed by atoms with van der Waals surface area (Å²) >= 11 is 1.22. The van der Waals surface area contributed by atoms with Crippen LogP contribution < -0.4 is 10.6 Å². The number of carbonyl (C=O) groups is 2. The molecular weight excluding hydrogens is 388 g/mol. The van der Waals surface area contributed by atoms with Gasteiger partial charge in [-0.15, -0.1) is 0 Å². The van der Waals surface area contributed by atoms with Gasteiger partial charge in [-0.1, -0.05) is 36.9 Å². The van der Waals surface area contributed by atoms with Crippen molar-refractivity contribution in [3.8, 4) is 0 Å². The fraction of sp³-hybridized carbons (Fsp3) is 0.333. The minimum absolute atomic E-state index is 0.0813. The summed E-state index contributed by atoms with van der Waals surface area (Å²) in [6, 6.07) is 8.92. The molecule has 1 unspecified atom stereocenters. The van der Waals surface area contributed by atoms with Gasteiger partial charge in [-0.25, -0.2) is 4.98 Å². The Labute approximate surface area is 173 Å². The van der Waals surface area contributed by atoms with Crippen LogP contribution in [0.1, 0.15) is 41.9 Å². The molecule has 0 fully saturated rings.